The quantitative estimate of drug-likeness (QED) is 0.365. The Kier molecular flexibility index (Phi) is 7.69. The second-order valence-electron chi connectivity index (χ2n) is 4.70. The van der Waals surface area contributed by atoms with Crippen LogP contribution in [-0.4, -0.2) is 42.9 Å². The minimum Gasteiger partial charge on any atom is -0.440 e. The molecule has 2 unspecified atom stereocenters. The molecule has 0 aromatic rings. The second-order valence-corrected chi connectivity index (χ2v) is 4.70. The standard InChI is InChI=1S/C13H7F13O3/c1-3-4-5-27-6-8(15,11(19,20)21)28-13(25,26)10(18,12(22,23)24)29-9(16,17)7(2)14/h3H,1-2,6H2. The normalized spacial score (nSPS) is 17.4. The monoisotopic (exact) mass is 458 g/mol. The fourth-order valence-electron chi connectivity index (χ4n) is 1.16. The summed E-state index contributed by atoms with van der Waals surface area (Å²) in [7, 11) is 0. The predicted octanol–water partition coefficient (Wildman–Crippen LogP) is 5.31. The van der Waals surface area contributed by atoms with E-state index in [1.54, 1.807) is 12.5 Å². The van der Waals surface area contributed by atoms with E-state index >= 15 is 0 Å². The summed E-state index contributed by atoms with van der Waals surface area (Å²) in [6, 6.07) is 0. The third kappa shape index (κ3) is 5.92. The van der Waals surface area contributed by atoms with Crippen LogP contribution in [0, 0.1) is 12.0 Å². The molecule has 3 nitrogen and oxygen atoms in total. The summed E-state index contributed by atoms with van der Waals surface area (Å²) in [5.74, 6) is -14.7. The first-order valence-corrected chi connectivity index (χ1v) is 6.42. The minimum absolute atomic E-state index is 0.638. The van der Waals surface area contributed by atoms with Crippen molar-refractivity contribution in [2.75, 3.05) is 6.61 Å². The maximum absolute atomic E-state index is 13.8. The van der Waals surface area contributed by atoms with Crippen LogP contribution >= 0.6 is 0 Å². The number of halogens is 13. The van der Waals surface area contributed by atoms with Crippen molar-refractivity contribution in [2.45, 2.75) is 36.3 Å². The van der Waals surface area contributed by atoms with E-state index in [0.29, 0.717) is 6.08 Å². The molecule has 0 spiro atoms. The molecule has 0 heterocycles. The molecule has 0 aliphatic heterocycles. The number of ether oxygens (including phenoxy) is 3. The molecule has 0 radical (unpaired) electrons. The summed E-state index contributed by atoms with van der Waals surface area (Å²) in [6.45, 7) is 1.85. The van der Waals surface area contributed by atoms with Crippen LogP contribution in [0.15, 0.2) is 25.1 Å². The molecule has 0 aromatic carbocycles. The zero-order chi connectivity index (χ0) is 23.5. The highest BCUT2D eigenvalue weighted by molar-refractivity contribution is 5.08. The van der Waals surface area contributed by atoms with Crippen molar-refractivity contribution in [3.63, 3.8) is 0 Å². The Morgan fingerprint density at radius 3 is 1.66 bits per heavy atom. The van der Waals surface area contributed by atoms with Crippen LogP contribution in [-0.2, 0) is 14.2 Å². The van der Waals surface area contributed by atoms with Gasteiger partial charge in [-0.15, -0.1) is 0 Å². The Hall–Kier alpha value is -2.15. The number of hydrogen-bond donors (Lipinski definition) is 0. The van der Waals surface area contributed by atoms with Crippen LogP contribution in [0.25, 0.3) is 0 Å². The van der Waals surface area contributed by atoms with Crippen molar-refractivity contribution in [1.82, 2.24) is 0 Å². The molecule has 29 heavy (non-hydrogen) atoms. The number of alkyl halides is 12. The second kappa shape index (κ2) is 8.30. The van der Waals surface area contributed by atoms with Gasteiger partial charge in [-0.3, -0.25) is 9.47 Å². The van der Waals surface area contributed by atoms with Gasteiger partial charge < -0.3 is 4.74 Å². The van der Waals surface area contributed by atoms with Gasteiger partial charge in [0.05, 0.1) is 0 Å². The van der Waals surface area contributed by atoms with Gasteiger partial charge in [-0.25, -0.2) is 4.39 Å². The largest absolute Gasteiger partial charge is 0.458 e. The van der Waals surface area contributed by atoms with Crippen LogP contribution in [0.1, 0.15) is 0 Å². The Balaban J connectivity index is 6.24. The molecule has 0 aromatic heterocycles. The first-order valence-electron chi connectivity index (χ1n) is 6.42. The van der Waals surface area contributed by atoms with Crippen molar-refractivity contribution in [3.8, 4) is 12.0 Å². The van der Waals surface area contributed by atoms with Gasteiger partial charge in [-0.05, 0) is 12.0 Å². The lowest BCUT2D eigenvalue weighted by Crippen LogP contribution is -2.65. The summed E-state index contributed by atoms with van der Waals surface area (Å²) in [5.41, 5.74) is 0. The molecule has 0 bridgehead atoms. The zero-order valence-corrected chi connectivity index (χ0v) is 13.3. The highest BCUT2D eigenvalue weighted by atomic mass is 19.4. The van der Waals surface area contributed by atoms with Crippen molar-refractivity contribution < 1.29 is 71.3 Å². The van der Waals surface area contributed by atoms with Crippen molar-refractivity contribution >= 4 is 0 Å². The molecule has 0 saturated carbocycles. The van der Waals surface area contributed by atoms with E-state index in [1.165, 1.54) is 6.11 Å². The molecular weight excluding hydrogens is 451 g/mol. The van der Waals surface area contributed by atoms with E-state index in [2.05, 4.69) is 16.1 Å². The van der Waals surface area contributed by atoms with Gasteiger partial charge in [0, 0.05) is 0 Å². The fourth-order valence-corrected chi connectivity index (χ4v) is 1.16. The van der Waals surface area contributed by atoms with E-state index in [1.807, 2.05) is 4.74 Å². The van der Waals surface area contributed by atoms with Crippen molar-refractivity contribution in [1.29, 1.82) is 0 Å². The van der Waals surface area contributed by atoms with Crippen LogP contribution in [0.3, 0.4) is 0 Å². The van der Waals surface area contributed by atoms with E-state index in [-0.39, 0.29) is 0 Å². The van der Waals surface area contributed by atoms with E-state index < -0.39 is 48.7 Å². The first-order chi connectivity index (χ1) is 12.7. The molecule has 0 saturated heterocycles. The first kappa shape index (κ1) is 26.9. The lowest BCUT2D eigenvalue weighted by molar-refractivity contribution is -0.528. The van der Waals surface area contributed by atoms with Gasteiger partial charge in [0.25, 0.3) is 0 Å². The van der Waals surface area contributed by atoms with E-state index in [9.17, 15) is 57.1 Å². The summed E-state index contributed by atoms with van der Waals surface area (Å²) >= 11 is 0. The molecule has 0 fully saturated rings. The van der Waals surface area contributed by atoms with E-state index in [4.69, 9.17) is 0 Å². The highest BCUT2D eigenvalue weighted by Crippen LogP contribution is 2.53. The molecule has 0 aliphatic rings. The maximum atomic E-state index is 13.8. The van der Waals surface area contributed by atoms with E-state index in [0.717, 1.165) is 0 Å². The Labute approximate surface area is 152 Å². The summed E-state index contributed by atoms with van der Waals surface area (Å²) in [5, 5.41) is 0. The van der Waals surface area contributed by atoms with Gasteiger partial charge >= 0.3 is 36.3 Å². The van der Waals surface area contributed by atoms with Crippen LogP contribution in [0.4, 0.5) is 57.1 Å². The van der Waals surface area contributed by atoms with Crippen LogP contribution in [0.5, 0.6) is 0 Å². The molecule has 0 amide bonds. The molecular formula is C13H7F13O3. The smallest absolute Gasteiger partial charge is 0.440 e. The summed E-state index contributed by atoms with van der Waals surface area (Å²) in [6.07, 6.45) is -25.4. The third-order valence-electron chi connectivity index (χ3n) is 2.53. The number of allylic oxidation sites excluding steroid dienone is 1. The molecule has 2 atom stereocenters. The van der Waals surface area contributed by atoms with Gasteiger partial charge in [0.1, 0.15) is 6.11 Å². The summed E-state index contributed by atoms with van der Waals surface area (Å²) < 4.78 is 176. The van der Waals surface area contributed by atoms with Crippen LogP contribution in [0.2, 0.25) is 0 Å². The van der Waals surface area contributed by atoms with Gasteiger partial charge in [0.15, 0.2) is 12.4 Å². The van der Waals surface area contributed by atoms with Crippen molar-refractivity contribution in [2.24, 2.45) is 0 Å². The van der Waals surface area contributed by atoms with Gasteiger partial charge in [0.2, 0.25) is 0 Å². The molecule has 0 aliphatic carbocycles. The van der Waals surface area contributed by atoms with Gasteiger partial charge in [-0.2, -0.15) is 52.7 Å². The molecule has 0 rings (SSSR count). The average Bonchev–Trinajstić information content (AvgIpc) is 2.48. The SMILES string of the molecule is C=CC#COCC(F)(OC(F)(F)C(F)(OC(F)(F)C(=C)F)C(F)(F)F)C(F)(F)F. The lowest BCUT2D eigenvalue weighted by Gasteiger charge is -2.38. The predicted molar refractivity (Wildman–Crippen MR) is 66.0 cm³/mol. The fraction of sp³-hybridized carbons (Fsp3) is 0.538. The minimum atomic E-state index is -7.30. The topological polar surface area (TPSA) is 27.7 Å². The zero-order valence-electron chi connectivity index (χ0n) is 13.3. The Morgan fingerprint density at radius 1 is 0.828 bits per heavy atom. The van der Waals surface area contributed by atoms with Crippen LogP contribution < -0.4 is 0 Å². The van der Waals surface area contributed by atoms with Gasteiger partial charge in [-0.1, -0.05) is 13.2 Å². The lowest BCUT2D eigenvalue weighted by atomic mass is 10.2. The number of hydrogen-bond acceptors (Lipinski definition) is 3. The number of rotatable bonds is 8. The maximum Gasteiger partial charge on any atom is 0.458 e. The Morgan fingerprint density at radius 2 is 1.31 bits per heavy atom. The Bertz CT molecular complexity index is 672. The molecule has 168 valence electrons. The van der Waals surface area contributed by atoms with Crippen molar-refractivity contribution in [3.05, 3.63) is 25.1 Å². The third-order valence-corrected chi connectivity index (χ3v) is 2.53. The summed E-state index contributed by atoms with van der Waals surface area (Å²) in [4.78, 5) is 0. The highest BCUT2D eigenvalue weighted by Gasteiger charge is 2.80. The molecule has 16 heteroatoms. The average molecular weight is 458 g/mol. The molecule has 0 N–H and O–H groups in total.